The minimum Gasteiger partial charge on any atom is -0.322 e. The van der Waals surface area contributed by atoms with E-state index in [0.717, 1.165) is 11.1 Å². The van der Waals surface area contributed by atoms with Gasteiger partial charge in [-0.1, -0.05) is 24.3 Å². The summed E-state index contributed by atoms with van der Waals surface area (Å²) in [7, 11) is 0. The van der Waals surface area contributed by atoms with Crippen LogP contribution in [0.2, 0.25) is 0 Å². The molecule has 0 aliphatic rings. The second-order valence-electron chi connectivity index (χ2n) is 5.06. The number of anilines is 1. The van der Waals surface area contributed by atoms with Crippen molar-refractivity contribution in [2.75, 3.05) is 5.32 Å². The van der Waals surface area contributed by atoms with Crippen molar-refractivity contribution in [3.05, 3.63) is 71.2 Å². The number of rotatable bonds is 4. The third-order valence-corrected chi connectivity index (χ3v) is 3.15. The highest BCUT2D eigenvalue weighted by molar-refractivity contribution is 6.08. The Morgan fingerprint density at radius 2 is 1.70 bits per heavy atom. The molecular weight excluding hydrogens is 295 g/mol. The largest absolute Gasteiger partial charge is 0.322 e. The number of carbonyl (C=O) groups is 2. The van der Waals surface area contributed by atoms with E-state index in [9.17, 15) is 14.0 Å². The van der Waals surface area contributed by atoms with E-state index in [1.165, 1.54) is 31.2 Å². The van der Waals surface area contributed by atoms with E-state index >= 15 is 0 Å². The molecule has 0 aliphatic carbocycles. The number of amides is 2. The third kappa shape index (κ3) is 4.78. The Labute approximate surface area is 134 Å². The summed E-state index contributed by atoms with van der Waals surface area (Å²) in [5, 5.41) is 5.15. The fourth-order valence-electron chi connectivity index (χ4n) is 1.98. The second kappa shape index (κ2) is 7.35. The minimum atomic E-state index is -0.477. The number of aryl methyl sites for hydroxylation is 1. The topological polar surface area (TPSA) is 58.2 Å². The molecule has 118 valence electrons. The fraction of sp³-hybridized carbons (Fsp3) is 0.111. The van der Waals surface area contributed by atoms with Gasteiger partial charge in [0.2, 0.25) is 5.91 Å². The maximum atomic E-state index is 12.9. The molecule has 0 aliphatic heterocycles. The van der Waals surface area contributed by atoms with Crippen molar-refractivity contribution < 1.29 is 14.0 Å². The molecule has 2 N–H and O–H groups in total. The van der Waals surface area contributed by atoms with Gasteiger partial charge in [-0.05, 0) is 48.4 Å². The van der Waals surface area contributed by atoms with Crippen molar-refractivity contribution in [1.82, 2.24) is 5.32 Å². The standard InChI is InChI=1S/C18H17FN2O2/c1-12-5-3-4-6-14(12)11-17(20-13(2)22)18(23)21-16-9-7-15(19)8-10-16/h3-11H,1-2H3,(H,20,22)(H,21,23)/b17-11-. The third-order valence-electron chi connectivity index (χ3n) is 3.15. The summed E-state index contributed by atoms with van der Waals surface area (Å²) < 4.78 is 12.9. The van der Waals surface area contributed by atoms with Crippen LogP contribution >= 0.6 is 0 Å². The van der Waals surface area contributed by atoms with Gasteiger partial charge in [0.15, 0.2) is 0 Å². The van der Waals surface area contributed by atoms with Crippen LogP contribution in [0.1, 0.15) is 18.1 Å². The quantitative estimate of drug-likeness (QED) is 0.851. The predicted molar refractivity (Wildman–Crippen MR) is 88.0 cm³/mol. The summed E-state index contributed by atoms with van der Waals surface area (Å²) in [6, 6.07) is 12.9. The lowest BCUT2D eigenvalue weighted by Crippen LogP contribution is -2.29. The average molecular weight is 312 g/mol. The predicted octanol–water partition coefficient (Wildman–Crippen LogP) is 3.25. The molecule has 0 fully saturated rings. The smallest absolute Gasteiger partial charge is 0.272 e. The molecule has 2 aromatic rings. The van der Waals surface area contributed by atoms with E-state index in [1.807, 2.05) is 31.2 Å². The van der Waals surface area contributed by atoms with Crippen LogP contribution in [-0.4, -0.2) is 11.8 Å². The average Bonchev–Trinajstić information content (AvgIpc) is 2.50. The maximum absolute atomic E-state index is 12.9. The Kier molecular flexibility index (Phi) is 5.25. The van der Waals surface area contributed by atoms with Gasteiger partial charge in [0.05, 0.1) is 0 Å². The lowest BCUT2D eigenvalue weighted by Gasteiger charge is -2.10. The lowest BCUT2D eigenvalue weighted by atomic mass is 10.1. The van der Waals surface area contributed by atoms with E-state index in [2.05, 4.69) is 10.6 Å². The van der Waals surface area contributed by atoms with Crippen molar-refractivity contribution in [1.29, 1.82) is 0 Å². The van der Waals surface area contributed by atoms with Crippen LogP contribution in [0.4, 0.5) is 10.1 Å². The Morgan fingerprint density at radius 3 is 2.30 bits per heavy atom. The first-order chi connectivity index (χ1) is 11.0. The van der Waals surface area contributed by atoms with Gasteiger partial charge in [-0.25, -0.2) is 4.39 Å². The van der Waals surface area contributed by atoms with E-state index < -0.39 is 5.91 Å². The van der Waals surface area contributed by atoms with Gasteiger partial charge in [0, 0.05) is 12.6 Å². The van der Waals surface area contributed by atoms with Crippen molar-refractivity contribution >= 4 is 23.6 Å². The Hall–Kier alpha value is -2.95. The highest BCUT2D eigenvalue weighted by Gasteiger charge is 2.12. The van der Waals surface area contributed by atoms with Gasteiger partial charge < -0.3 is 10.6 Å². The zero-order chi connectivity index (χ0) is 16.8. The summed E-state index contributed by atoms with van der Waals surface area (Å²) in [5.41, 5.74) is 2.36. The van der Waals surface area contributed by atoms with Crippen LogP contribution in [0, 0.1) is 12.7 Å². The van der Waals surface area contributed by atoms with Gasteiger partial charge in [0.25, 0.3) is 5.91 Å². The molecule has 0 bridgehead atoms. The molecule has 2 amide bonds. The SMILES string of the molecule is CC(=O)N/C(=C\c1ccccc1C)C(=O)Nc1ccc(F)cc1. The van der Waals surface area contributed by atoms with Crippen LogP contribution in [0.3, 0.4) is 0 Å². The van der Waals surface area contributed by atoms with Crippen LogP contribution in [0.25, 0.3) is 6.08 Å². The van der Waals surface area contributed by atoms with E-state index in [-0.39, 0.29) is 17.4 Å². The van der Waals surface area contributed by atoms with Gasteiger partial charge in [-0.15, -0.1) is 0 Å². The molecule has 2 rings (SSSR count). The monoisotopic (exact) mass is 312 g/mol. The summed E-state index contributed by atoms with van der Waals surface area (Å²) in [6.07, 6.45) is 1.61. The van der Waals surface area contributed by atoms with Gasteiger partial charge in [-0.2, -0.15) is 0 Å². The molecule has 0 atom stereocenters. The highest BCUT2D eigenvalue weighted by atomic mass is 19.1. The molecule has 0 aromatic heterocycles. The Bertz CT molecular complexity index is 752. The molecule has 23 heavy (non-hydrogen) atoms. The minimum absolute atomic E-state index is 0.121. The Balaban J connectivity index is 2.27. The van der Waals surface area contributed by atoms with Crippen molar-refractivity contribution in [3.63, 3.8) is 0 Å². The second-order valence-corrected chi connectivity index (χ2v) is 5.06. The van der Waals surface area contributed by atoms with Crippen molar-refractivity contribution in [2.45, 2.75) is 13.8 Å². The molecule has 0 saturated heterocycles. The number of nitrogens with one attached hydrogen (secondary N) is 2. The normalized spacial score (nSPS) is 11.0. The number of benzene rings is 2. The summed E-state index contributed by atoms with van der Waals surface area (Å²) in [4.78, 5) is 23.7. The molecular formula is C18H17FN2O2. The maximum Gasteiger partial charge on any atom is 0.272 e. The van der Waals surface area contributed by atoms with Gasteiger partial charge in [0.1, 0.15) is 11.5 Å². The molecule has 4 nitrogen and oxygen atoms in total. The van der Waals surface area contributed by atoms with Gasteiger partial charge in [-0.3, -0.25) is 9.59 Å². The number of carbonyl (C=O) groups excluding carboxylic acids is 2. The van der Waals surface area contributed by atoms with E-state index in [1.54, 1.807) is 6.08 Å². The fourth-order valence-corrected chi connectivity index (χ4v) is 1.98. The van der Waals surface area contributed by atoms with Crippen LogP contribution in [-0.2, 0) is 9.59 Å². The Morgan fingerprint density at radius 1 is 1.04 bits per heavy atom. The first kappa shape index (κ1) is 16.4. The zero-order valence-corrected chi connectivity index (χ0v) is 12.9. The van der Waals surface area contributed by atoms with E-state index in [0.29, 0.717) is 5.69 Å². The molecule has 0 unspecified atom stereocenters. The lowest BCUT2D eigenvalue weighted by molar-refractivity contribution is -0.120. The molecule has 0 saturated carbocycles. The summed E-state index contributed by atoms with van der Waals surface area (Å²) in [6.45, 7) is 3.24. The van der Waals surface area contributed by atoms with Crippen molar-refractivity contribution in [2.24, 2.45) is 0 Å². The number of hydrogen-bond donors (Lipinski definition) is 2. The van der Waals surface area contributed by atoms with Crippen LogP contribution in [0.5, 0.6) is 0 Å². The zero-order valence-electron chi connectivity index (χ0n) is 12.9. The number of hydrogen-bond acceptors (Lipinski definition) is 2. The highest BCUT2D eigenvalue weighted by Crippen LogP contribution is 2.13. The molecule has 5 heteroatoms. The van der Waals surface area contributed by atoms with E-state index in [4.69, 9.17) is 0 Å². The molecule has 0 heterocycles. The van der Waals surface area contributed by atoms with Crippen molar-refractivity contribution in [3.8, 4) is 0 Å². The first-order valence-corrected chi connectivity index (χ1v) is 7.07. The van der Waals surface area contributed by atoms with Crippen LogP contribution < -0.4 is 10.6 Å². The summed E-state index contributed by atoms with van der Waals surface area (Å²) >= 11 is 0. The summed E-state index contributed by atoms with van der Waals surface area (Å²) in [5.74, 6) is -1.21. The first-order valence-electron chi connectivity index (χ1n) is 7.07. The van der Waals surface area contributed by atoms with Gasteiger partial charge >= 0.3 is 0 Å². The molecule has 2 aromatic carbocycles. The molecule has 0 radical (unpaired) electrons. The number of halogens is 1. The molecule has 0 spiro atoms. The van der Waals surface area contributed by atoms with Crippen LogP contribution in [0.15, 0.2) is 54.2 Å².